The van der Waals surface area contributed by atoms with E-state index in [0.717, 1.165) is 19.5 Å². The molecular formula is C16H22N2O2S. The smallest absolute Gasteiger partial charge is 0.262 e. The first-order valence-electron chi connectivity index (χ1n) is 7.31. The van der Waals surface area contributed by atoms with Crippen LogP contribution in [0.3, 0.4) is 0 Å². The van der Waals surface area contributed by atoms with E-state index in [1.165, 1.54) is 11.3 Å². The molecule has 2 rings (SSSR count). The van der Waals surface area contributed by atoms with Gasteiger partial charge in [0.15, 0.2) is 0 Å². The number of carbonyl (C=O) groups excluding carboxylic acids is 1. The molecule has 1 aliphatic heterocycles. The molecule has 0 bridgehead atoms. The van der Waals surface area contributed by atoms with E-state index in [9.17, 15) is 4.79 Å². The predicted molar refractivity (Wildman–Crippen MR) is 85.4 cm³/mol. The number of hydrogen-bond donors (Lipinski definition) is 2. The second kappa shape index (κ2) is 7.60. The van der Waals surface area contributed by atoms with Gasteiger partial charge in [0.25, 0.3) is 5.91 Å². The maximum Gasteiger partial charge on any atom is 0.262 e. The second-order valence-electron chi connectivity index (χ2n) is 5.58. The minimum Gasteiger partial charge on any atom is -0.384 e. The van der Waals surface area contributed by atoms with Crippen LogP contribution in [0.25, 0.3) is 0 Å². The lowest BCUT2D eigenvalue weighted by atomic mass is 10.1. The van der Waals surface area contributed by atoms with E-state index in [4.69, 9.17) is 5.11 Å². The van der Waals surface area contributed by atoms with Gasteiger partial charge in [0.1, 0.15) is 11.5 Å². The minimum absolute atomic E-state index is 0.0600. The largest absolute Gasteiger partial charge is 0.384 e. The number of hydrogen-bond acceptors (Lipinski definition) is 4. The van der Waals surface area contributed by atoms with Crippen LogP contribution >= 0.6 is 11.3 Å². The lowest BCUT2D eigenvalue weighted by Crippen LogP contribution is -2.32. The fraction of sp³-hybridized carbons (Fsp3) is 0.562. The Labute approximate surface area is 130 Å². The molecule has 5 heteroatoms. The van der Waals surface area contributed by atoms with Gasteiger partial charge in [-0.15, -0.1) is 11.3 Å². The molecule has 0 spiro atoms. The van der Waals surface area contributed by atoms with E-state index in [1.807, 2.05) is 11.4 Å². The SMILES string of the molecule is CC(C)N1CCC(CNC(=O)c2sccc2C#CCO)C1. The monoisotopic (exact) mass is 306 g/mol. The average Bonchev–Trinajstić information content (AvgIpc) is 3.11. The molecule has 21 heavy (non-hydrogen) atoms. The van der Waals surface area contributed by atoms with E-state index < -0.39 is 0 Å². The minimum atomic E-state index is -0.190. The Morgan fingerprint density at radius 3 is 3.10 bits per heavy atom. The first-order valence-corrected chi connectivity index (χ1v) is 8.19. The molecule has 1 fully saturated rings. The third kappa shape index (κ3) is 4.31. The number of nitrogens with one attached hydrogen (secondary N) is 1. The average molecular weight is 306 g/mol. The van der Waals surface area contributed by atoms with Crippen molar-refractivity contribution < 1.29 is 9.90 Å². The molecule has 1 amide bonds. The van der Waals surface area contributed by atoms with Gasteiger partial charge in [0.2, 0.25) is 0 Å². The zero-order valence-corrected chi connectivity index (χ0v) is 13.4. The summed E-state index contributed by atoms with van der Waals surface area (Å²) in [5.41, 5.74) is 0.696. The fourth-order valence-corrected chi connectivity index (χ4v) is 3.30. The highest BCUT2D eigenvalue weighted by molar-refractivity contribution is 7.12. The van der Waals surface area contributed by atoms with Crippen LogP contribution in [-0.2, 0) is 0 Å². The Bertz CT molecular complexity index is 542. The highest BCUT2D eigenvalue weighted by Crippen LogP contribution is 2.19. The molecule has 2 heterocycles. The number of amides is 1. The standard InChI is InChI=1S/C16H22N2O2S/c1-12(2)18-7-5-13(11-18)10-17-16(20)15-14(4-3-8-19)6-9-21-15/h6,9,12-13,19H,5,7-8,10-11H2,1-2H3,(H,17,20). The van der Waals surface area contributed by atoms with Crippen molar-refractivity contribution in [3.8, 4) is 11.8 Å². The van der Waals surface area contributed by atoms with E-state index >= 15 is 0 Å². The van der Waals surface area contributed by atoms with Crippen LogP contribution in [0.2, 0.25) is 0 Å². The van der Waals surface area contributed by atoms with Crippen molar-refractivity contribution in [2.45, 2.75) is 26.3 Å². The Hall–Kier alpha value is -1.35. The molecule has 0 aliphatic carbocycles. The topological polar surface area (TPSA) is 52.6 Å². The van der Waals surface area contributed by atoms with Crippen molar-refractivity contribution in [1.29, 1.82) is 0 Å². The van der Waals surface area contributed by atoms with Gasteiger partial charge >= 0.3 is 0 Å². The molecule has 2 N–H and O–H groups in total. The summed E-state index contributed by atoms with van der Waals surface area (Å²) < 4.78 is 0. The van der Waals surface area contributed by atoms with Crippen molar-refractivity contribution in [1.82, 2.24) is 10.2 Å². The van der Waals surface area contributed by atoms with Crippen LogP contribution in [0.4, 0.5) is 0 Å². The van der Waals surface area contributed by atoms with E-state index in [0.29, 0.717) is 28.9 Å². The molecular weight excluding hydrogens is 284 g/mol. The van der Waals surface area contributed by atoms with Crippen LogP contribution in [0.5, 0.6) is 0 Å². The van der Waals surface area contributed by atoms with Crippen LogP contribution in [0.1, 0.15) is 35.5 Å². The Kier molecular flexibility index (Phi) is 5.80. The van der Waals surface area contributed by atoms with Crippen LogP contribution in [0, 0.1) is 17.8 Å². The summed E-state index contributed by atoms with van der Waals surface area (Å²) >= 11 is 1.39. The molecule has 1 aromatic heterocycles. The highest BCUT2D eigenvalue weighted by atomic mass is 32.1. The van der Waals surface area contributed by atoms with Crippen molar-refractivity contribution in [3.63, 3.8) is 0 Å². The summed E-state index contributed by atoms with van der Waals surface area (Å²) in [6.07, 6.45) is 1.14. The van der Waals surface area contributed by atoms with Gasteiger partial charge in [-0.2, -0.15) is 0 Å². The van der Waals surface area contributed by atoms with Crippen molar-refractivity contribution >= 4 is 17.2 Å². The Balaban J connectivity index is 1.87. The summed E-state index contributed by atoms with van der Waals surface area (Å²) in [6, 6.07) is 2.39. The van der Waals surface area contributed by atoms with Gasteiger partial charge < -0.3 is 15.3 Å². The number of aliphatic hydroxyl groups excluding tert-OH is 1. The van der Waals surface area contributed by atoms with Gasteiger partial charge in [0.05, 0.1) is 0 Å². The molecule has 1 aromatic rings. The quantitative estimate of drug-likeness (QED) is 0.830. The maximum atomic E-state index is 12.2. The summed E-state index contributed by atoms with van der Waals surface area (Å²) in [5, 5.41) is 13.6. The van der Waals surface area contributed by atoms with Gasteiger partial charge in [-0.05, 0) is 44.2 Å². The summed E-state index contributed by atoms with van der Waals surface area (Å²) in [7, 11) is 0. The molecule has 1 saturated heterocycles. The summed E-state index contributed by atoms with van der Waals surface area (Å²) in [4.78, 5) is 15.3. The number of aliphatic hydroxyl groups is 1. The highest BCUT2D eigenvalue weighted by Gasteiger charge is 2.24. The van der Waals surface area contributed by atoms with Crippen molar-refractivity contribution in [2.75, 3.05) is 26.2 Å². The molecule has 114 valence electrons. The molecule has 0 radical (unpaired) electrons. The van der Waals surface area contributed by atoms with Gasteiger partial charge in [-0.1, -0.05) is 11.8 Å². The summed E-state index contributed by atoms with van der Waals surface area (Å²) in [6.45, 7) is 7.11. The van der Waals surface area contributed by atoms with E-state index in [-0.39, 0.29) is 12.5 Å². The molecule has 4 nitrogen and oxygen atoms in total. The zero-order valence-electron chi connectivity index (χ0n) is 12.6. The van der Waals surface area contributed by atoms with Gasteiger partial charge in [-0.3, -0.25) is 4.79 Å². The van der Waals surface area contributed by atoms with Crippen LogP contribution < -0.4 is 5.32 Å². The van der Waals surface area contributed by atoms with E-state index in [2.05, 4.69) is 35.9 Å². The van der Waals surface area contributed by atoms with Crippen LogP contribution in [0.15, 0.2) is 11.4 Å². The molecule has 1 unspecified atom stereocenters. The predicted octanol–water partition coefficient (Wildman–Crippen LogP) is 1.55. The lowest BCUT2D eigenvalue weighted by molar-refractivity contribution is 0.0951. The lowest BCUT2D eigenvalue weighted by Gasteiger charge is -2.20. The molecule has 1 aliphatic rings. The fourth-order valence-electron chi connectivity index (χ4n) is 2.53. The molecule has 0 aromatic carbocycles. The maximum absolute atomic E-state index is 12.2. The molecule has 0 saturated carbocycles. The number of likely N-dealkylation sites (tertiary alicyclic amines) is 1. The normalized spacial score (nSPS) is 18.6. The number of carbonyl (C=O) groups is 1. The molecule has 1 atom stereocenters. The first kappa shape index (κ1) is 16.0. The first-order chi connectivity index (χ1) is 10.1. The van der Waals surface area contributed by atoms with Gasteiger partial charge in [-0.25, -0.2) is 0 Å². The number of rotatable bonds is 4. The Morgan fingerprint density at radius 1 is 1.62 bits per heavy atom. The third-order valence-corrected chi connectivity index (χ3v) is 4.69. The summed E-state index contributed by atoms with van der Waals surface area (Å²) in [5.74, 6) is 5.87. The van der Waals surface area contributed by atoms with E-state index in [1.54, 1.807) is 0 Å². The number of thiophene rings is 1. The second-order valence-corrected chi connectivity index (χ2v) is 6.49. The Morgan fingerprint density at radius 2 is 2.43 bits per heavy atom. The van der Waals surface area contributed by atoms with Crippen molar-refractivity contribution in [2.24, 2.45) is 5.92 Å². The van der Waals surface area contributed by atoms with Crippen LogP contribution in [-0.4, -0.2) is 48.2 Å². The van der Waals surface area contributed by atoms with Crippen molar-refractivity contribution in [3.05, 3.63) is 21.9 Å². The third-order valence-electron chi connectivity index (χ3n) is 3.77. The number of nitrogens with zero attached hydrogens (tertiary/aromatic N) is 1. The van der Waals surface area contributed by atoms with Gasteiger partial charge in [0, 0.05) is 24.7 Å². The zero-order chi connectivity index (χ0) is 15.2.